The van der Waals surface area contributed by atoms with Crippen molar-refractivity contribution in [2.24, 2.45) is 17.8 Å². The number of Topliss-reactive ketones (excluding diaryl/α,β-unsaturated/α-hetero) is 1. The molecule has 2 heteroatoms. The molecule has 0 bridgehead atoms. The van der Waals surface area contributed by atoms with Gasteiger partial charge in [0, 0.05) is 18.4 Å². The lowest BCUT2D eigenvalue weighted by molar-refractivity contribution is -0.123. The van der Waals surface area contributed by atoms with Gasteiger partial charge in [0.25, 0.3) is 0 Å². The molecule has 1 rings (SSSR count). The zero-order chi connectivity index (χ0) is 12.8. The molecule has 100 valence electrons. The van der Waals surface area contributed by atoms with Crippen molar-refractivity contribution in [3.8, 4) is 0 Å². The Morgan fingerprint density at radius 3 is 2.06 bits per heavy atom. The molecular weight excluding hydrogens is 210 g/mol. The average Bonchev–Trinajstić information content (AvgIpc) is 2.28. The van der Waals surface area contributed by atoms with E-state index in [1.54, 1.807) is 0 Å². The minimum atomic E-state index is 0.218. The Bertz CT molecular complexity index is 227. The molecule has 0 radical (unpaired) electrons. The van der Waals surface area contributed by atoms with Crippen LogP contribution in [0.2, 0.25) is 0 Å². The highest BCUT2D eigenvalue weighted by Crippen LogP contribution is 2.31. The smallest absolute Gasteiger partial charge is 0.135 e. The highest BCUT2D eigenvalue weighted by molar-refractivity contribution is 5.80. The molecule has 0 aliphatic heterocycles. The number of hydrogen-bond acceptors (Lipinski definition) is 2. The van der Waals surface area contributed by atoms with Crippen molar-refractivity contribution in [2.75, 3.05) is 6.54 Å². The van der Waals surface area contributed by atoms with Crippen LogP contribution in [-0.4, -0.2) is 18.4 Å². The lowest BCUT2D eigenvalue weighted by Crippen LogP contribution is -2.31. The van der Waals surface area contributed by atoms with Crippen molar-refractivity contribution in [1.82, 2.24) is 5.32 Å². The molecular formula is C15H29NO. The van der Waals surface area contributed by atoms with Gasteiger partial charge in [-0.3, -0.25) is 4.79 Å². The fourth-order valence-corrected chi connectivity index (χ4v) is 2.56. The molecule has 2 nitrogen and oxygen atoms in total. The Balaban J connectivity index is 2.19. The van der Waals surface area contributed by atoms with E-state index in [0.29, 0.717) is 17.7 Å². The quantitative estimate of drug-likeness (QED) is 0.769. The lowest BCUT2D eigenvalue weighted by atomic mass is 9.79. The van der Waals surface area contributed by atoms with Crippen LogP contribution in [0.4, 0.5) is 0 Å². The van der Waals surface area contributed by atoms with Crippen LogP contribution in [0.25, 0.3) is 0 Å². The molecule has 0 heterocycles. The standard InChI is InChI=1S/C15H29NO/c1-11(2)15(17)9-13-5-7-14(8-6-13)10-16-12(3)4/h11-14,16H,5-10H2,1-4H3. The van der Waals surface area contributed by atoms with E-state index in [-0.39, 0.29) is 5.92 Å². The minimum Gasteiger partial charge on any atom is -0.314 e. The first-order chi connectivity index (χ1) is 7.99. The number of nitrogens with one attached hydrogen (secondary N) is 1. The van der Waals surface area contributed by atoms with Gasteiger partial charge in [0.15, 0.2) is 0 Å². The van der Waals surface area contributed by atoms with Gasteiger partial charge < -0.3 is 5.32 Å². The maximum atomic E-state index is 11.7. The number of rotatable bonds is 6. The molecule has 0 unspecified atom stereocenters. The van der Waals surface area contributed by atoms with Crippen LogP contribution >= 0.6 is 0 Å². The summed E-state index contributed by atoms with van der Waals surface area (Å²) in [5.41, 5.74) is 0. The second-order valence-electron chi connectivity index (χ2n) is 6.27. The van der Waals surface area contributed by atoms with Crippen molar-refractivity contribution in [2.45, 2.75) is 65.8 Å². The molecule has 0 spiro atoms. The van der Waals surface area contributed by atoms with Crippen LogP contribution in [0.3, 0.4) is 0 Å². The normalized spacial score (nSPS) is 25.5. The van der Waals surface area contributed by atoms with Crippen LogP contribution < -0.4 is 5.32 Å². The van der Waals surface area contributed by atoms with Crippen LogP contribution in [0.1, 0.15) is 59.8 Å². The van der Waals surface area contributed by atoms with E-state index < -0.39 is 0 Å². The van der Waals surface area contributed by atoms with Gasteiger partial charge in [-0.15, -0.1) is 0 Å². The topological polar surface area (TPSA) is 29.1 Å². The molecule has 1 N–H and O–H groups in total. The molecule has 0 aromatic rings. The first-order valence-electron chi connectivity index (χ1n) is 7.25. The SMILES string of the molecule is CC(C)NCC1CCC(CC(=O)C(C)C)CC1. The summed E-state index contributed by atoms with van der Waals surface area (Å²) in [5.74, 6) is 2.17. The van der Waals surface area contributed by atoms with Gasteiger partial charge in [0.05, 0.1) is 0 Å². The molecule has 1 fully saturated rings. The fourth-order valence-electron chi connectivity index (χ4n) is 2.56. The van der Waals surface area contributed by atoms with Crippen molar-refractivity contribution < 1.29 is 4.79 Å². The minimum absolute atomic E-state index is 0.218. The highest BCUT2D eigenvalue weighted by Gasteiger charge is 2.23. The number of carbonyl (C=O) groups is 1. The second-order valence-corrected chi connectivity index (χ2v) is 6.27. The van der Waals surface area contributed by atoms with Crippen molar-refractivity contribution >= 4 is 5.78 Å². The largest absolute Gasteiger partial charge is 0.314 e. The zero-order valence-corrected chi connectivity index (χ0v) is 12.0. The monoisotopic (exact) mass is 239 g/mol. The Hall–Kier alpha value is -0.370. The van der Waals surface area contributed by atoms with Gasteiger partial charge in [-0.2, -0.15) is 0 Å². The predicted octanol–water partition coefficient (Wildman–Crippen LogP) is 3.41. The van der Waals surface area contributed by atoms with E-state index in [1.807, 2.05) is 13.8 Å². The molecule has 0 atom stereocenters. The predicted molar refractivity (Wildman–Crippen MR) is 73.0 cm³/mol. The van der Waals surface area contributed by atoms with Crippen LogP contribution in [-0.2, 0) is 4.79 Å². The first kappa shape index (κ1) is 14.7. The number of hydrogen-bond donors (Lipinski definition) is 1. The molecule has 1 aliphatic carbocycles. The van der Waals surface area contributed by atoms with Gasteiger partial charge in [0.2, 0.25) is 0 Å². The van der Waals surface area contributed by atoms with E-state index in [1.165, 1.54) is 25.7 Å². The van der Waals surface area contributed by atoms with Gasteiger partial charge in [-0.05, 0) is 44.1 Å². The summed E-state index contributed by atoms with van der Waals surface area (Å²) in [7, 11) is 0. The molecule has 0 amide bonds. The third-order valence-electron chi connectivity index (χ3n) is 3.91. The summed E-state index contributed by atoms with van der Waals surface area (Å²) in [6.07, 6.45) is 5.93. The second kappa shape index (κ2) is 7.15. The molecule has 0 aromatic heterocycles. The van der Waals surface area contributed by atoms with Crippen LogP contribution in [0, 0.1) is 17.8 Å². The van der Waals surface area contributed by atoms with Gasteiger partial charge in [-0.1, -0.05) is 27.7 Å². The van der Waals surface area contributed by atoms with E-state index in [0.717, 1.165) is 18.9 Å². The van der Waals surface area contributed by atoms with Crippen LogP contribution in [0.15, 0.2) is 0 Å². The summed E-state index contributed by atoms with van der Waals surface area (Å²) >= 11 is 0. The van der Waals surface area contributed by atoms with Crippen LogP contribution in [0.5, 0.6) is 0 Å². The zero-order valence-electron chi connectivity index (χ0n) is 12.0. The van der Waals surface area contributed by atoms with Gasteiger partial charge in [-0.25, -0.2) is 0 Å². The number of ketones is 1. The lowest BCUT2D eigenvalue weighted by Gasteiger charge is -2.29. The van der Waals surface area contributed by atoms with E-state index in [9.17, 15) is 4.79 Å². The summed E-state index contributed by atoms with van der Waals surface area (Å²) in [4.78, 5) is 11.7. The third-order valence-corrected chi connectivity index (χ3v) is 3.91. The summed E-state index contributed by atoms with van der Waals surface area (Å²) < 4.78 is 0. The third kappa shape index (κ3) is 5.67. The Morgan fingerprint density at radius 2 is 1.59 bits per heavy atom. The summed E-state index contributed by atoms with van der Waals surface area (Å²) in [6.45, 7) is 9.59. The van der Waals surface area contributed by atoms with Crippen molar-refractivity contribution in [3.63, 3.8) is 0 Å². The summed E-state index contributed by atoms with van der Waals surface area (Å²) in [5, 5.41) is 3.52. The highest BCUT2D eigenvalue weighted by atomic mass is 16.1. The van der Waals surface area contributed by atoms with E-state index >= 15 is 0 Å². The first-order valence-corrected chi connectivity index (χ1v) is 7.25. The van der Waals surface area contributed by atoms with Crippen molar-refractivity contribution in [1.29, 1.82) is 0 Å². The van der Waals surface area contributed by atoms with Gasteiger partial charge >= 0.3 is 0 Å². The van der Waals surface area contributed by atoms with E-state index in [2.05, 4.69) is 19.2 Å². The number of carbonyl (C=O) groups excluding carboxylic acids is 1. The maximum Gasteiger partial charge on any atom is 0.135 e. The van der Waals surface area contributed by atoms with Gasteiger partial charge in [0.1, 0.15) is 5.78 Å². The molecule has 0 saturated heterocycles. The molecule has 1 aliphatic rings. The Kier molecular flexibility index (Phi) is 6.18. The maximum absolute atomic E-state index is 11.7. The average molecular weight is 239 g/mol. The summed E-state index contributed by atoms with van der Waals surface area (Å²) in [6, 6.07) is 0.593. The molecule has 1 saturated carbocycles. The Morgan fingerprint density at radius 1 is 1.06 bits per heavy atom. The molecule has 17 heavy (non-hydrogen) atoms. The van der Waals surface area contributed by atoms with E-state index in [4.69, 9.17) is 0 Å². The van der Waals surface area contributed by atoms with Crippen molar-refractivity contribution in [3.05, 3.63) is 0 Å². The molecule has 0 aromatic carbocycles. The Labute approximate surface area is 107 Å². The fraction of sp³-hybridized carbons (Fsp3) is 0.933.